The van der Waals surface area contributed by atoms with Crippen molar-refractivity contribution in [3.8, 4) is 0 Å². The molecule has 0 unspecified atom stereocenters. The van der Waals surface area contributed by atoms with E-state index in [0.717, 1.165) is 38.0 Å². The Hall–Kier alpha value is -0.380. The van der Waals surface area contributed by atoms with Crippen LogP contribution in [0.15, 0.2) is 28.7 Å². The van der Waals surface area contributed by atoms with E-state index in [9.17, 15) is 0 Å². The van der Waals surface area contributed by atoms with Crippen LogP contribution in [0, 0.1) is 5.92 Å². The fourth-order valence-corrected chi connectivity index (χ4v) is 2.99. The third-order valence-electron chi connectivity index (χ3n) is 3.98. The van der Waals surface area contributed by atoms with Crippen molar-refractivity contribution < 1.29 is 4.74 Å². The molecule has 1 fully saturated rings. The van der Waals surface area contributed by atoms with Crippen molar-refractivity contribution in [2.75, 3.05) is 19.8 Å². The first kappa shape index (κ1) is 16.0. The van der Waals surface area contributed by atoms with Crippen molar-refractivity contribution in [3.63, 3.8) is 0 Å². The Kier molecular flexibility index (Phi) is 6.53. The molecule has 1 aromatic rings. The fourth-order valence-electron chi connectivity index (χ4n) is 2.57. The molecule has 112 valence electrons. The molecule has 0 bridgehead atoms. The topological polar surface area (TPSA) is 21.3 Å². The van der Waals surface area contributed by atoms with Crippen molar-refractivity contribution in [2.45, 2.75) is 45.1 Å². The van der Waals surface area contributed by atoms with E-state index in [-0.39, 0.29) is 0 Å². The fraction of sp³-hybridized carbons (Fsp3) is 0.647. The maximum absolute atomic E-state index is 5.62. The van der Waals surface area contributed by atoms with Crippen LogP contribution in [-0.2, 0) is 4.74 Å². The molecule has 1 aromatic carbocycles. The van der Waals surface area contributed by atoms with Gasteiger partial charge in [-0.05, 0) is 48.8 Å². The maximum Gasteiger partial charge on any atom is 0.0591 e. The van der Waals surface area contributed by atoms with E-state index in [1.54, 1.807) is 0 Å². The summed E-state index contributed by atoms with van der Waals surface area (Å²) < 4.78 is 6.81. The Balaban J connectivity index is 1.54. The van der Waals surface area contributed by atoms with Gasteiger partial charge in [-0.1, -0.05) is 41.9 Å². The molecule has 0 amide bonds. The lowest BCUT2D eigenvalue weighted by molar-refractivity contribution is 0.119. The van der Waals surface area contributed by atoms with Gasteiger partial charge in [-0.25, -0.2) is 0 Å². The summed E-state index contributed by atoms with van der Waals surface area (Å²) in [5.74, 6) is 1.47. The second-order valence-corrected chi connectivity index (χ2v) is 7.08. The molecule has 2 nitrogen and oxygen atoms in total. The number of benzene rings is 1. The van der Waals surface area contributed by atoms with Gasteiger partial charge in [-0.3, -0.25) is 0 Å². The van der Waals surface area contributed by atoms with E-state index in [2.05, 4.69) is 59.4 Å². The normalized spacial score (nSPS) is 22.0. The lowest BCUT2D eigenvalue weighted by Crippen LogP contribution is -2.41. The van der Waals surface area contributed by atoms with Crippen LogP contribution >= 0.6 is 15.9 Å². The van der Waals surface area contributed by atoms with Crippen molar-refractivity contribution in [1.82, 2.24) is 5.32 Å². The third-order valence-corrected chi connectivity index (χ3v) is 4.47. The van der Waals surface area contributed by atoms with Gasteiger partial charge < -0.3 is 10.1 Å². The molecular weight excluding hydrogens is 314 g/mol. The van der Waals surface area contributed by atoms with Crippen molar-refractivity contribution >= 4 is 15.9 Å². The number of halogens is 1. The maximum atomic E-state index is 5.62. The summed E-state index contributed by atoms with van der Waals surface area (Å²) in [5, 5.41) is 3.58. The second kappa shape index (κ2) is 8.16. The van der Waals surface area contributed by atoms with Crippen molar-refractivity contribution in [3.05, 3.63) is 34.3 Å². The molecule has 0 atom stereocenters. The minimum atomic E-state index is 0.674. The molecule has 0 saturated heterocycles. The second-order valence-electron chi connectivity index (χ2n) is 6.17. The Morgan fingerprint density at radius 1 is 1.30 bits per heavy atom. The predicted octanol–water partition coefficient (Wildman–Crippen LogP) is 4.35. The van der Waals surface area contributed by atoms with E-state index in [4.69, 9.17) is 4.74 Å². The Morgan fingerprint density at radius 2 is 2.10 bits per heavy atom. The summed E-state index contributed by atoms with van der Waals surface area (Å²) in [4.78, 5) is 0. The zero-order valence-electron chi connectivity index (χ0n) is 12.6. The molecule has 0 heterocycles. The molecule has 20 heavy (non-hydrogen) atoms. The minimum absolute atomic E-state index is 0.674. The molecule has 1 saturated carbocycles. The van der Waals surface area contributed by atoms with Crippen LogP contribution in [0.5, 0.6) is 0 Å². The summed E-state index contributed by atoms with van der Waals surface area (Å²) in [6.45, 7) is 7.18. The SMILES string of the molecule is CC(C)CCOCCNC1CC(c2cccc(Br)c2)C1. The van der Waals surface area contributed by atoms with Gasteiger partial charge in [-0.2, -0.15) is 0 Å². The minimum Gasteiger partial charge on any atom is -0.380 e. The molecule has 0 radical (unpaired) electrons. The molecular formula is C17H26BrNO. The number of hydrogen-bond donors (Lipinski definition) is 1. The summed E-state index contributed by atoms with van der Waals surface area (Å²) in [7, 11) is 0. The Morgan fingerprint density at radius 3 is 2.80 bits per heavy atom. The third kappa shape index (κ3) is 5.19. The highest BCUT2D eigenvalue weighted by Crippen LogP contribution is 2.37. The predicted molar refractivity (Wildman–Crippen MR) is 88.2 cm³/mol. The summed E-state index contributed by atoms with van der Waals surface area (Å²) >= 11 is 3.54. The Bertz CT molecular complexity index is 402. The molecule has 3 heteroatoms. The zero-order chi connectivity index (χ0) is 14.4. The van der Waals surface area contributed by atoms with Crippen LogP contribution in [0.2, 0.25) is 0 Å². The highest BCUT2D eigenvalue weighted by molar-refractivity contribution is 9.10. The van der Waals surface area contributed by atoms with Crippen LogP contribution in [0.25, 0.3) is 0 Å². The number of ether oxygens (including phenoxy) is 1. The van der Waals surface area contributed by atoms with Gasteiger partial charge in [-0.15, -0.1) is 0 Å². The van der Waals surface area contributed by atoms with Crippen LogP contribution in [-0.4, -0.2) is 25.8 Å². The van der Waals surface area contributed by atoms with Gasteiger partial charge in [0.1, 0.15) is 0 Å². The van der Waals surface area contributed by atoms with Gasteiger partial charge >= 0.3 is 0 Å². The van der Waals surface area contributed by atoms with Crippen LogP contribution in [0.3, 0.4) is 0 Å². The highest BCUT2D eigenvalue weighted by atomic mass is 79.9. The van der Waals surface area contributed by atoms with Gasteiger partial charge in [0, 0.05) is 23.7 Å². The van der Waals surface area contributed by atoms with E-state index in [1.807, 2.05) is 0 Å². The van der Waals surface area contributed by atoms with E-state index < -0.39 is 0 Å². The summed E-state index contributed by atoms with van der Waals surface area (Å²) in [5.41, 5.74) is 1.46. The van der Waals surface area contributed by atoms with Crippen LogP contribution in [0.4, 0.5) is 0 Å². The largest absolute Gasteiger partial charge is 0.380 e. The van der Waals surface area contributed by atoms with Crippen molar-refractivity contribution in [1.29, 1.82) is 0 Å². The van der Waals surface area contributed by atoms with Gasteiger partial charge in [0.2, 0.25) is 0 Å². The first-order valence-corrected chi connectivity index (χ1v) is 8.51. The molecule has 1 aliphatic carbocycles. The van der Waals surface area contributed by atoms with E-state index >= 15 is 0 Å². The summed E-state index contributed by atoms with van der Waals surface area (Å²) in [6, 6.07) is 9.37. The molecule has 0 spiro atoms. The highest BCUT2D eigenvalue weighted by Gasteiger charge is 2.29. The number of rotatable bonds is 8. The molecule has 2 rings (SSSR count). The first-order chi connectivity index (χ1) is 9.65. The molecule has 1 aliphatic rings. The van der Waals surface area contributed by atoms with E-state index in [1.165, 1.54) is 22.9 Å². The molecule has 1 N–H and O–H groups in total. The quantitative estimate of drug-likeness (QED) is 0.711. The van der Waals surface area contributed by atoms with Gasteiger partial charge in [0.15, 0.2) is 0 Å². The molecule has 0 aromatic heterocycles. The lowest BCUT2D eigenvalue weighted by atomic mass is 9.76. The van der Waals surface area contributed by atoms with E-state index in [0.29, 0.717) is 6.04 Å². The molecule has 0 aliphatic heterocycles. The Labute approximate surface area is 131 Å². The van der Waals surface area contributed by atoms with Crippen LogP contribution < -0.4 is 5.32 Å². The standard InChI is InChI=1S/C17H26BrNO/c1-13(2)6-8-20-9-7-19-17-11-15(12-17)14-4-3-5-16(18)10-14/h3-5,10,13,15,17,19H,6-9,11-12H2,1-2H3. The smallest absolute Gasteiger partial charge is 0.0591 e. The lowest BCUT2D eigenvalue weighted by Gasteiger charge is -2.36. The summed E-state index contributed by atoms with van der Waals surface area (Å²) in [6.07, 6.45) is 3.67. The zero-order valence-corrected chi connectivity index (χ0v) is 14.2. The van der Waals surface area contributed by atoms with Gasteiger partial charge in [0.05, 0.1) is 6.61 Å². The monoisotopic (exact) mass is 339 g/mol. The number of nitrogens with one attached hydrogen (secondary N) is 1. The van der Waals surface area contributed by atoms with Crippen molar-refractivity contribution in [2.24, 2.45) is 5.92 Å². The first-order valence-electron chi connectivity index (χ1n) is 7.71. The van der Waals surface area contributed by atoms with Crippen LogP contribution in [0.1, 0.15) is 44.6 Å². The average Bonchev–Trinajstić information content (AvgIpc) is 2.35. The average molecular weight is 340 g/mol. The van der Waals surface area contributed by atoms with Gasteiger partial charge in [0.25, 0.3) is 0 Å². The number of hydrogen-bond acceptors (Lipinski definition) is 2.